The molecule has 1 N–H and O–H groups in total. The molecular formula is C26H29ClN4O3S. The van der Waals surface area contributed by atoms with Gasteiger partial charge in [0.15, 0.2) is 0 Å². The number of anilines is 1. The quantitative estimate of drug-likeness (QED) is 0.254. The first-order valence-corrected chi connectivity index (χ1v) is 13.1. The van der Waals surface area contributed by atoms with E-state index in [0.717, 1.165) is 35.5 Å². The second-order valence-corrected chi connectivity index (χ2v) is 9.70. The van der Waals surface area contributed by atoms with E-state index in [9.17, 15) is 4.79 Å². The van der Waals surface area contributed by atoms with Crippen LogP contribution in [-0.2, 0) is 16.1 Å². The Labute approximate surface area is 214 Å². The number of benzene rings is 2. The Balaban J connectivity index is 1.62. The predicted octanol–water partition coefficient (Wildman–Crippen LogP) is 6.25. The lowest BCUT2D eigenvalue weighted by Crippen LogP contribution is -2.29. The van der Waals surface area contributed by atoms with E-state index < -0.39 is 6.04 Å². The number of thioether (sulfide) groups is 1. The Bertz CT molecular complexity index is 1210. The second-order valence-electron chi connectivity index (χ2n) is 8.20. The average molecular weight is 513 g/mol. The largest absolute Gasteiger partial charge is 0.489 e. The molecule has 9 heteroatoms. The van der Waals surface area contributed by atoms with E-state index in [1.807, 2.05) is 62.4 Å². The smallest absolute Gasteiger partial charge is 0.338 e. The van der Waals surface area contributed by atoms with Crippen LogP contribution in [0.15, 0.2) is 65.0 Å². The van der Waals surface area contributed by atoms with E-state index in [4.69, 9.17) is 26.2 Å². The topological polar surface area (TPSA) is 78.3 Å². The highest BCUT2D eigenvalue weighted by Crippen LogP contribution is 2.37. The van der Waals surface area contributed by atoms with E-state index in [2.05, 4.69) is 17.2 Å². The van der Waals surface area contributed by atoms with Crippen molar-refractivity contribution in [2.45, 2.75) is 51.4 Å². The van der Waals surface area contributed by atoms with E-state index in [1.54, 1.807) is 16.4 Å². The molecule has 0 aliphatic carbocycles. The molecule has 7 nitrogen and oxygen atoms in total. The number of aromatic nitrogens is 3. The molecule has 0 fully saturated rings. The number of halogens is 1. The molecule has 0 amide bonds. The molecular weight excluding hydrogens is 484 g/mol. The minimum atomic E-state index is -0.457. The Morgan fingerprint density at radius 1 is 1.17 bits per heavy atom. The molecule has 1 unspecified atom stereocenters. The third-order valence-corrected chi connectivity index (χ3v) is 6.69. The zero-order valence-electron chi connectivity index (χ0n) is 20.1. The molecule has 0 saturated carbocycles. The second kappa shape index (κ2) is 11.6. The van der Waals surface area contributed by atoms with Gasteiger partial charge in [0.1, 0.15) is 18.4 Å². The summed E-state index contributed by atoms with van der Waals surface area (Å²) in [5, 5.41) is 9.31. The first-order valence-electron chi connectivity index (χ1n) is 11.7. The molecule has 4 rings (SSSR count). The summed E-state index contributed by atoms with van der Waals surface area (Å²) in [6.45, 7) is 6.73. The Morgan fingerprint density at radius 3 is 2.69 bits per heavy atom. The highest BCUT2D eigenvalue weighted by atomic mass is 35.5. The number of carbonyl (C=O) groups is 1. The molecule has 35 heavy (non-hydrogen) atoms. The monoisotopic (exact) mass is 512 g/mol. The van der Waals surface area contributed by atoms with Crippen LogP contribution in [0.25, 0.3) is 0 Å². The molecule has 1 aromatic heterocycles. The maximum absolute atomic E-state index is 13.1. The van der Waals surface area contributed by atoms with Gasteiger partial charge in [-0.3, -0.25) is 0 Å². The molecule has 1 aliphatic rings. The normalized spacial score (nSPS) is 14.9. The number of fused-ring (bicyclic) bond motifs is 1. The van der Waals surface area contributed by atoms with Gasteiger partial charge in [-0.2, -0.15) is 4.98 Å². The van der Waals surface area contributed by atoms with Crippen LogP contribution < -0.4 is 10.1 Å². The fourth-order valence-electron chi connectivity index (χ4n) is 3.77. The van der Waals surface area contributed by atoms with Crippen LogP contribution in [0.5, 0.6) is 5.75 Å². The van der Waals surface area contributed by atoms with Crippen molar-refractivity contribution in [1.29, 1.82) is 0 Å². The summed E-state index contributed by atoms with van der Waals surface area (Å²) >= 11 is 7.67. The van der Waals surface area contributed by atoms with Gasteiger partial charge in [-0.15, -0.1) is 5.10 Å². The first-order chi connectivity index (χ1) is 17.0. The number of nitrogens with zero attached hydrogens (tertiary/aromatic N) is 3. The van der Waals surface area contributed by atoms with Crippen molar-refractivity contribution < 1.29 is 14.3 Å². The number of allylic oxidation sites excluding steroid dienone is 1. The van der Waals surface area contributed by atoms with Gasteiger partial charge >= 0.3 is 5.97 Å². The van der Waals surface area contributed by atoms with Crippen LogP contribution in [0.3, 0.4) is 0 Å². The van der Waals surface area contributed by atoms with E-state index >= 15 is 0 Å². The minimum Gasteiger partial charge on any atom is -0.489 e. The summed E-state index contributed by atoms with van der Waals surface area (Å²) in [5.74, 6) is 1.90. The number of esters is 1. The highest BCUT2D eigenvalue weighted by Gasteiger charge is 2.35. The maximum atomic E-state index is 13.1. The summed E-state index contributed by atoms with van der Waals surface area (Å²) < 4.78 is 13.2. The number of carbonyl (C=O) groups excluding carboxylic acids is 1. The van der Waals surface area contributed by atoms with Crippen LogP contribution in [-0.4, -0.2) is 33.1 Å². The van der Waals surface area contributed by atoms with Gasteiger partial charge in [0.05, 0.1) is 12.2 Å². The third-order valence-electron chi connectivity index (χ3n) is 5.42. The number of ether oxygens (including phenoxy) is 2. The molecule has 184 valence electrons. The number of rotatable bonds is 10. The predicted molar refractivity (Wildman–Crippen MR) is 139 cm³/mol. The summed E-state index contributed by atoms with van der Waals surface area (Å²) in [5.41, 5.74) is 3.12. The van der Waals surface area contributed by atoms with Gasteiger partial charge in [0.25, 0.3) is 0 Å². The molecule has 2 aromatic carbocycles. The van der Waals surface area contributed by atoms with Crippen LogP contribution in [0.4, 0.5) is 5.95 Å². The van der Waals surface area contributed by atoms with E-state index in [1.165, 1.54) is 0 Å². The molecule has 0 saturated heterocycles. The standard InChI is InChI=1S/C26H29ClN4O3S/c1-4-13-33-24(32)22-17(3)28-25-29-26(35-14-5-2)30-31(25)23(22)19-9-11-21(12-10-19)34-16-18-7-6-8-20(27)15-18/h6-12,15,23H,4-5,13-14,16H2,1-3H3,(H,28,29,30). The molecule has 0 bridgehead atoms. The van der Waals surface area contributed by atoms with Crippen molar-refractivity contribution >= 4 is 35.3 Å². The van der Waals surface area contributed by atoms with Crippen molar-refractivity contribution in [2.75, 3.05) is 17.7 Å². The van der Waals surface area contributed by atoms with Gasteiger partial charge in [0.2, 0.25) is 11.1 Å². The van der Waals surface area contributed by atoms with E-state index in [0.29, 0.717) is 40.6 Å². The zero-order chi connectivity index (χ0) is 24.8. The fraction of sp³-hybridized carbons (Fsp3) is 0.346. The molecule has 0 spiro atoms. The van der Waals surface area contributed by atoms with Gasteiger partial charge < -0.3 is 14.8 Å². The summed E-state index contributed by atoms with van der Waals surface area (Å²) in [7, 11) is 0. The Hall–Kier alpha value is -2.97. The lowest BCUT2D eigenvalue weighted by atomic mass is 9.96. The lowest BCUT2D eigenvalue weighted by Gasteiger charge is -2.28. The number of hydrogen-bond donors (Lipinski definition) is 1. The van der Waals surface area contributed by atoms with Gasteiger partial charge in [-0.25, -0.2) is 9.48 Å². The zero-order valence-corrected chi connectivity index (χ0v) is 21.7. The van der Waals surface area contributed by atoms with Gasteiger partial charge in [-0.1, -0.05) is 61.5 Å². The van der Waals surface area contributed by atoms with Crippen molar-refractivity contribution in [1.82, 2.24) is 14.8 Å². The van der Waals surface area contributed by atoms with Crippen molar-refractivity contribution in [3.05, 3.63) is 76.0 Å². The molecule has 1 aliphatic heterocycles. The summed E-state index contributed by atoms with van der Waals surface area (Å²) in [6.07, 6.45) is 1.77. The lowest BCUT2D eigenvalue weighted by molar-refractivity contribution is -0.139. The average Bonchev–Trinajstić information content (AvgIpc) is 3.26. The molecule has 0 radical (unpaired) electrons. The summed E-state index contributed by atoms with van der Waals surface area (Å²) in [4.78, 5) is 17.7. The van der Waals surface area contributed by atoms with Crippen LogP contribution in [0.1, 0.15) is 50.8 Å². The van der Waals surface area contributed by atoms with Crippen LogP contribution in [0.2, 0.25) is 5.02 Å². The van der Waals surface area contributed by atoms with Crippen molar-refractivity contribution in [3.8, 4) is 5.75 Å². The Kier molecular flexibility index (Phi) is 8.36. The van der Waals surface area contributed by atoms with Crippen molar-refractivity contribution in [2.24, 2.45) is 0 Å². The minimum absolute atomic E-state index is 0.355. The summed E-state index contributed by atoms with van der Waals surface area (Å²) in [6, 6.07) is 14.8. The number of hydrogen-bond acceptors (Lipinski definition) is 7. The first kappa shape index (κ1) is 25.1. The Morgan fingerprint density at radius 2 is 1.97 bits per heavy atom. The third kappa shape index (κ3) is 6.00. The van der Waals surface area contributed by atoms with Gasteiger partial charge in [-0.05, 0) is 55.2 Å². The fourth-order valence-corrected chi connectivity index (χ4v) is 4.67. The SMILES string of the molecule is CCCOC(=O)C1=C(C)Nc2nc(SCCC)nn2C1c1ccc(OCc2cccc(Cl)c2)cc1. The van der Waals surface area contributed by atoms with Crippen LogP contribution >= 0.6 is 23.4 Å². The van der Waals surface area contributed by atoms with Crippen molar-refractivity contribution in [3.63, 3.8) is 0 Å². The van der Waals surface area contributed by atoms with E-state index in [-0.39, 0.29) is 5.97 Å². The maximum Gasteiger partial charge on any atom is 0.338 e. The molecule has 3 aromatic rings. The number of nitrogens with one attached hydrogen (secondary N) is 1. The highest BCUT2D eigenvalue weighted by molar-refractivity contribution is 7.99. The van der Waals surface area contributed by atoms with Gasteiger partial charge in [0, 0.05) is 16.5 Å². The molecule has 2 heterocycles. The van der Waals surface area contributed by atoms with Crippen LogP contribution in [0, 0.1) is 0 Å². The molecule has 1 atom stereocenters.